The van der Waals surface area contributed by atoms with Gasteiger partial charge >= 0.3 is 0 Å². The first-order chi connectivity index (χ1) is 12.4. The molecule has 0 aliphatic carbocycles. The van der Waals surface area contributed by atoms with Gasteiger partial charge in [0.15, 0.2) is 0 Å². The Hall–Kier alpha value is -2.69. The molecule has 1 aliphatic rings. The minimum absolute atomic E-state index is 0.553. The molecule has 1 unspecified atom stereocenters. The fourth-order valence-electron chi connectivity index (χ4n) is 3.27. The van der Waals surface area contributed by atoms with E-state index in [-0.39, 0.29) is 0 Å². The predicted octanol–water partition coefficient (Wildman–Crippen LogP) is 4.29. The topological polar surface area (TPSA) is 55.5 Å². The van der Waals surface area contributed by atoms with Crippen molar-refractivity contribution < 1.29 is 4.21 Å². The van der Waals surface area contributed by atoms with Gasteiger partial charge in [0.25, 0.3) is 0 Å². The van der Waals surface area contributed by atoms with Crippen molar-refractivity contribution in [1.82, 2.24) is 0 Å². The molecule has 4 rings (SSSR count). The van der Waals surface area contributed by atoms with Gasteiger partial charge in [0.05, 0.1) is 21.1 Å². The molecule has 0 spiro atoms. The Morgan fingerprint density at radius 2 is 1.62 bits per heavy atom. The summed E-state index contributed by atoms with van der Waals surface area (Å²) in [5, 5.41) is 5.61. The van der Waals surface area contributed by atoms with E-state index in [0.29, 0.717) is 4.90 Å². The van der Waals surface area contributed by atoms with Crippen molar-refractivity contribution in [1.29, 1.82) is 0 Å². The van der Waals surface area contributed by atoms with Gasteiger partial charge in [0.1, 0.15) is 0 Å². The number of rotatable bonds is 3. The number of nitrogens with zero attached hydrogens (tertiary/aromatic N) is 1. The second kappa shape index (κ2) is 6.24. The van der Waals surface area contributed by atoms with Gasteiger partial charge in [0, 0.05) is 11.3 Å². The van der Waals surface area contributed by atoms with E-state index >= 15 is 0 Å². The molecule has 0 bridgehead atoms. The highest BCUT2D eigenvalue weighted by atomic mass is 32.2. The van der Waals surface area contributed by atoms with Crippen LogP contribution in [0.15, 0.2) is 76.6 Å². The Bertz CT molecular complexity index is 1110. The predicted molar refractivity (Wildman–Crippen MR) is 111 cm³/mol. The lowest BCUT2D eigenvalue weighted by Gasteiger charge is -2.09. The average Bonchev–Trinajstić information content (AvgIpc) is 3.06. The van der Waals surface area contributed by atoms with Crippen LogP contribution in [0.25, 0.3) is 11.1 Å². The number of fused-ring (bicyclic) bond motifs is 1. The summed E-state index contributed by atoms with van der Waals surface area (Å²) in [6.45, 7) is 2.09. The van der Waals surface area contributed by atoms with Crippen molar-refractivity contribution in [3.05, 3.63) is 83.4 Å². The maximum Gasteiger partial charge on any atom is 0.0675 e. The Kier molecular flexibility index (Phi) is 4.02. The molecule has 0 saturated carbocycles. The summed E-state index contributed by atoms with van der Waals surface area (Å²) in [6, 6.07) is 22.2. The van der Waals surface area contributed by atoms with Gasteiger partial charge in [-0.3, -0.25) is 10.1 Å². The van der Waals surface area contributed by atoms with E-state index in [0.717, 1.165) is 23.4 Å². The van der Waals surface area contributed by atoms with E-state index < -0.39 is 9.71 Å². The zero-order valence-electron chi connectivity index (χ0n) is 14.6. The summed E-state index contributed by atoms with van der Waals surface area (Å²) >= 11 is 0. The highest BCUT2D eigenvalue weighted by molar-refractivity contribution is 7.98. The molecule has 130 valence electrons. The van der Waals surface area contributed by atoms with E-state index in [9.17, 15) is 4.21 Å². The molecule has 0 amide bonds. The SMILES string of the molecule is C=S(N)(=O)c1ccc(C2=Nc3cccc(-c4ccc(C)cc4)c3C2)cc1. The molecule has 3 aromatic carbocycles. The minimum atomic E-state index is -2.68. The van der Waals surface area contributed by atoms with Gasteiger partial charge in [-0.1, -0.05) is 54.1 Å². The number of aryl methyl sites for hydroxylation is 1. The molecule has 3 aromatic rings. The molecule has 1 aliphatic heterocycles. The lowest BCUT2D eigenvalue weighted by atomic mass is 9.95. The summed E-state index contributed by atoms with van der Waals surface area (Å²) in [5.74, 6) is 3.53. The number of hydrogen-bond donors (Lipinski definition) is 1. The molecule has 1 heterocycles. The molecule has 3 nitrogen and oxygen atoms in total. The first-order valence-electron chi connectivity index (χ1n) is 8.44. The Morgan fingerprint density at radius 1 is 0.962 bits per heavy atom. The molecule has 0 fully saturated rings. The van der Waals surface area contributed by atoms with Crippen molar-refractivity contribution in [2.45, 2.75) is 18.2 Å². The first-order valence-corrected chi connectivity index (χ1v) is 10.2. The molecular weight excluding hydrogens is 340 g/mol. The smallest absolute Gasteiger partial charge is 0.0675 e. The second-order valence-corrected chi connectivity index (χ2v) is 8.58. The van der Waals surface area contributed by atoms with Crippen LogP contribution < -0.4 is 5.14 Å². The molecule has 1 atom stereocenters. The highest BCUT2D eigenvalue weighted by Gasteiger charge is 2.20. The molecule has 0 saturated heterocycles. The van der Waals surface area contributed by atoms with E-state index in [1.54, 1.807) is 12.1 Å². The quantitative estimate of drug-likeness (QED) is 0.696. The third-order valence-electron chi connectivity index (χ3n) is 4.70. The van der Waals surface area contributed by atoms with Crippen molar-refractivity contribution in [3.8, 4) is 11.1 Å². The highest BCUT2D eigenvalue weighted by Crippen LogP contribution is 2.36. The van der Waals surface area contributed by atoms with Gasteiger partial charge < -0.3 is 0 Å². The van der Waals surface area contributed by atoms with E-state index in [2.05, 4.69) is 55.3 Å². The normalized spacial score (nSPS) is 15.2. The summed E-state index contributed by atoms with van der Waals surface area (Å²) in [4.78, 5) is 5.37. The Balaban J connectivity index is 1.68. The van der Waals surface area contributed by atoms with Crippen LogP contribution in [0.2, 0.25) is 0 Å². The first kappa shape index (κ1) is 16.8. The third kappa shape index (κ3) is 3.09. The Morgan fingerprint density at radius 3 is 2.27 bits per heavy atom. The van der Waals surface area contributed by atoms with Gasteiger partial charge in [-0.25, -0.2) is 4.21 Å². The fraction of sp³-hybridized carbons (Fsp3) is 0.0909. The molecule has 0 aromatic heterocycles. The standard InChI is InChI=1S/C22H20N2OS/c1-15-6-8-16(9-7-15)19-4-3-5-21-20(19)14-22(24-21)17-10-12-18(13-11-17)26(2,23)25/h3-13H,2,14H2,1H3,(H2,23,25). The van der Waals surface area contributed by atoms with Gasteiger partial charge in [-0.05, 0) is 53.2 Å². The maximum atomic E-state index is 11.9. The van der Waals surface area contributed by atoms with E-state index in [1.165, 1.54) is 22.3 Å². The maximum absolute atomic E-state index is 11.9. The van der Waals surface area contributed by atoms with Gasteiger partial charge in [-0.2, -0.15) is 0 Å². The van der Waals surface area contributed by atoms with E-state index in [1.807, 2.05) is 12.1 Å². The van der Waals surface area contributed by atoms with Crippen molar-refractivity contribution in [3.63, 3.8) is 0 Å². The number of aliphatic imine (C=N–C) groups is 1. The minimum Gasteiger partial charge on any atom is -0.256 e. The number of nitrogens with two attached hydrogens (primary N) is 1. The fourth-order valence-corrected chi connectivity index (χ4v) is 3.86. The van der Waals surface area contributed by atoms with E-state index in [4.69, 9.17) is 10.1 Å². The van der Waals surface area contributed by atoms with Crippen LogP contribution >= 0.6 is 0 Å². The zero-order chi connectivity index (χ0) is 18.3. The summed E-state index contributed by atoms with van der Waals surface area (Å²) in [5.41, 5.74) is 7.97. The van der Waals surface area contributed by atoms with Crippen molar-refractivity contribution in [2.75, 3.05) is 0 Å². The lowest BCUT2D eigenvalue weighted by Crippen LogP contribution is -2.12. The molecule has 0 radical (unpaired) electrons. The van der Waals surface area contributed by atoms with Crippen molar-refractivity contribution in [2.24, 2.45) is 10.1 Å². The van der Waals surface area contributed by atoms with Crippen LogP contribution in [0.4, 0.5) is 5.69 Å². The molecule has 26 heavy (non-hydrogen) atoms. The van der Waals surface area contributed by atoms with Crippen molar-refractivity contribution >= 4 is 27.0 Å². The average molecular weight is 360 g/mol. The van der Waals surface area contributed by atoms with Gasteiger partial charge in [-0.15, -0.1) is 0 Å². The lowest BCUT2D eigenvalue weighted by molar-refractivity contribution is 0.682. The van der Waals surface area contributed by atoms with Crippen LogP contribution in [-0.2, 0) is 16.1 Å². The molecule has 2 N–H and O–H groups in total. The molecule has 4 heteroatoms. The third-order valence-corrected chi connectivity index (χ3v) is 5.77. The monoisotopic (exact) mass is 360 g/mol. The summed E-state index contributed by atoms with van der Waals surface area (Å²) in [7, 11) is -2.68. The molecular formula is C22H20N2OS. The Labute approximate surface area is 154 Å². The van der Waals surface area contributed by atoms with Crippen LogP contribution in [-0.4, -0.2) is 15.8 Å². The summed E-state index contributed by atoms with van der Waals surface area (Å²) in [6.07, 6.45) is 0.779. The van der Waals surface area contributed by atoms with Gasteiger partial charge in [0.2, 0.25) is 0 Å². The number of benzene rings is 3. The zero-order valence-corrected chi connectivity index (χ0v) is 15.4. The van der Waals surface area contributed by atoms with Crippen LogP contribution in [0.5, 0.6) is 0 Å². The van der Waals surface area contributed by atoms with Crippen LogP contribution in [0.3, 0.4) is 0 Å². The van der Waals surface area contributed by atoms with Crippen LogP contribution in [0, 0.1) is 6.92 Å². The second-order valence-electron chi connectivity index (χ2n) is 6.66. The number of hydrogen-bond acceptors (Lipinski definition) is 2. The van der Waals surface area contributed by atoms with Crippen LogP contribution in [0.1, 0.15) is 16.7 Å². The summed E-state index contributed by atoms with van der Waals surface area (Å²) < 4.78 is 11.9. The largest absolute Gasteiger partial charge is 0.256 e.